The first-order chi connectivity index (χ1) is 15.1. The van der Waals surface area contributed by atoms with Gasteiger partial charge in [0.05, 0.1) is 37.8 Å². The van der Waals surface area contributed by atoms with E-state index in [2.05, 4.69) is 20.2 Å². The zero-order valence-corrected chi connectivity index (χ0v) is 17.0. The van der Waals surface area contributed by atoms with Gasteiger partial charge in [0, 0.05) is 31.6 Å². The molecule has 0 N–H and O–H groups in total. The predicted molar refractivity (Wildman–Crippen MR) is 107 cm³/mol. The lowest BCUT2D eigenvalue weighted by Crippen LogP contribution is -2.33. The third-order valence-electron chi connectivity index (χ3n) is 4.38. The van der Waals surface area contributed by atoms with Gasteiger partial charge >= 0.3 is 6.43 Å². The van der Waals surface area contributed by atoms with Crippen LogP contribution >= 0.6 is 11.3 Å². The van der Waals surface area contributed by atoms with Crippen LogP contribution in [0.15, 0.2) is 47.4 Å². The van der Waals surface area contributed by atoms with Crippen LogP contribution in [0.4, 0.5) is 14.5 Å². The summed E-state index contributed by atoms with van der Waals surface area (Å²) < 4.78 is 35.6. The third-order valence-corrected chi connectivity index (χ3v) is 5.35. The summed E-state index contributed by atoms with van der Waals surface area (Å²) in [5.74, 6) is -1.02. The highest BCUT2D eigenvalue weighted by Crippen LogP contribution is 2.29. The highest BCUT2D eigenvalue weighted by Gasteiger charge is 2.21. The van der Waals surface area contributed by atoms with Gasteiger partial charge in [-0.3, -0.25) is 9.78 Å². The zero-order chi connectivity index (χ0) is 21.6. The van der Waals surface area contributed by atoms with E-state index in [1.165, 1.54) is 28.5 Å². The second kappa shape index (κ2) is 9.71. The molecule has 12 heteroatoms. The first kappa shape index (κ1) is 21.0. The number of nitrogens with zero attached hydrogens (tertiary/aromatic N) is 6. The van der Waals surface area contributed by atoms with Crippen molar-refractivity contribution in [3.63, 3.8) is 0 Å². The van der Waals surface area contributed by atoms with Gasteiger partial charge in [0.1, 0.15) is 9.88 Å². The molecule has 1 amide bonds. The van der Waals surface area contributed by atoms with Gasteiger partial charge in [0.25, 0.3) is 17.7 Å². The van der Waals surface area contributed by atoms with Crippen LogP contribution in [0.25, 0.3) is 10.8 Å². The molecule has 0 spiro atoms. The number of alkyl halides is 2. The standard InChI is InChI=1S/C19H18F2N6O3S/c20-17(21)19-25-24-18(30-19)14-11-23-15(31-14)12-27(13-2-1-4-22-10-13)16(28)3-5-26-6-8-29-9-7-26/h1-5,10-11,17H,6-9,12H2/b5-3+. The molecule has 3 aromatic rings. The topological polar surface area (TPSA) is 97.5 Å². The number of rotatable bonds is 7. The number of morpholine rings is 1. The van der Waals surface area contributed by atoms with Gasteiger partial charge in [0.2, 0.25) is 0 Å². The van der Waals surface area contributed by atoms with Gasteiger partial charge < -0.3 is 19.0 Å². The van der Waals surface area contributed by atoms with Crippen LogP contribution in [0.5, 0.6) is 0 Å². The molecule has 162 valence electrons. The number of pyridine rings is 1. The zero-order valence-electron chi connectivity index (χ0n) is 16.2. The molecule has 4 heterocycles. The number of carbonyl (C=O) groups is 1. The third kappa shape index (κ3) is 5.27. The summed E-state index contributed by atoms with van der Waals surface area (Å²) in [7, 11) is 0. The number of halogens is 2. The van der Waals surface area contributed by atoms with Crippen LogP contribution in [0.1, 0.15) is 17.3 Å². The molecular formula is C19H18F2N6O3S. The lowest BCUT2D eigenvalue weighted by molar-refractivity contribution is -0.114. The van der Waals surface area contributed by atoms with Gasteiger partial charge in [-0.2, -0.15) is 8.78 Å². The number of anilines is 1. The van der Waals surface area contributed by atoms with Gasteiger partial charge in [-0.05, 0) is 12.1 Å². The number of hydrogen-bond donors (Lipinski definition) is 0. The number of aromatic nitrogens is 4. The van der Waals surface area contributed by atoms with E-state index >= 15 is 0 Å². The predicted octanol–water partition coefficient (Wildman–Crippen LogP) is 2.90. The molecule has 4 rings (SSSR count). The molecule has 1 aliphatic rings. The van der Waals surface area contributed by atoms with Gasteiger partial charge in [-0.1, -0.05) is 0 Å². The van der Waals surface area contributed by atoms with Crippen LogP contribution in [0.3, 0.4) is 0 Å². The Hall–Kier alpha value is -3.25. The van der Waals surface area contributed by atoms with E-state index in [0.29, 0.717) is 28.8 Å². The maximum atomic E-state index is 13.0. The van der Waals surface area contributed by atoms with Crippen molar-refractivity contribution in [3.05, 3.63) is 53.9 Å². The Balaban J connectivity index is 1.52. The number of carbonyl (C=O) groups excluding carboxylic acids is 1. The summed E-state index contributed by atoms with van der Waals surface area (Å²) >= 11 is 1.18. The Bertz CT molecular complexity index is 1040. The summed E-state index contributed by atoms with van der Waals surface area (Å²) in [5, 5.41) is 7.53. The monoisotopic (exact) mass is 448 g/mol. The quantitative estimate of drug-likeness (QED) is 0.509. The highest BCUT2D eigenvalue weighted by atomic mass is 32.1. The first-order valence-corrected chi connectivity index (χ1v) is 10.2. The Morgan fingerprint density at radius 1 is 1.29 bits per heavy atom. The molecule has 31 heavy (non-hydrogen) atoms. The Labute approximate surface area is 180 Å². The van der Waals surface area contributed by atoms with Gasteiger partial charge in [0.15, 0.2) is 0 Å². The van der Waals surface area contributed by atoms with Crippen molar-refractivity contribution in [2.45, 2.75) is 13.0 Å². The van der Waals surface area contributed by atoms with E-state index in [1.807, 2.05) is 4.90 Å². The Morgan fingerprint density at radius 3 is 2.84 bits per heavy atom. The average Bonchev–Trinajstić information content (AvgIpc) is 3.47. The van der Waals surface area contributed by atoms with E-state index < -0.39 is 12.3 Å². The van der Waals surface area contributed by atoms with Crippen molar-refractivity contribution in [3.8, 4) is 10.8 Å². The van der Waals surface area contributed by atoms with Crippen LogP contribution in [0, 0.1) is 0 Å². The second-order valence-electron chi connectivity index (χ2n) is 6.46. The Morgan fingerprint density at radius 2 is 2.13 bits per heavy atom. The summed E-state index contributed by atoms with van der Waals surface area (Å²) in [6.07, 6.45) is 5.07. The fraction of sp³-hybridized carbons (Fsp3) is 0.316. The molecule has 0 aliphatic carbocycles. The SMILES string of the molecule is O=C(/C=C/N1CCOCC1)N(Cc1ncc(-c2nnc(C(F)F)o2)s1)c1cccnc1. The van der Waals surface area contributed by atoms with Crippen molar-refractivity contribution >= 4 is 22.9 Å². The van der Waals surface area contributed by atoms with Crippen LogP contribution in [-0.4, -0.2) is 57.3 Å². The second-order valence-corrected chi connectivity index (χ2v) is 7.58. The molecule has 0 atom stereocenters. The summed E-state index contributed by atoms with van der Waals surface area (Å²) in [4.78, 5) is 25.3. The largest absolute Gasteiger partial charge is 0.414 e. The summed E-state index contributed by atoms with van der Waals surface area (Å²) in [6, 6.07) is 3.51. The molecule has 0 aromatic carbocycles. The van der Waals surface area contributed by atoms with Crippen molar-refractivity contribution in [2.24, 2.45) is 0 Å². The molecule has 0 unspecified atom stereocenters. The van der Waals surface area contributed by atoms with Crippen molar-refractivity contribution in [2.75, 3.05) is 31.2 Å². The summed E-state index contributed by atoms with van der Waals surface area (Å²) in [6.45, 7) is 2.85. The number of thiazole rings is 1. The summed E-state index contributed by atoms with van der Waals surface area (Å²) in [5.41, 5.74) is 0.605. The van der Waals surface area contributed by atoms with Crippen LogP contribution < -0.4 is 4.90 Å². The molecule has 0 bridgehead atoms. The molecule has 1 aliphatic heterocycles. The van der Waals surface area contributed by atoms with Gasteiger partial charge in [-0.25, -0.2) is 4.98 Å². The minimum atomic E-state index is -2.84. The number of ether oxygens (including phenoxy) is 1. The van der Waals surface area contributed by atoms with Gasteiger partial charge in [-0.15, -0.1) is 21.5 Å². The van der Waals surface area contributed by atoms with E-state index in [4.69, 9.17) is 9.15 Å². The number of hydrogen-bond acceptors (Lipinski definition) is 9. The lowest BCUT2D eigenvalue weighted by atomic mass is 10.3. The van der Waals surface area contributed by atoms with Crippen LogP contribution in [0.2, 0.25) is 0 Å². The Kier molecular flexibility index (Phi) is 6.57. The fourth-order valence-electron chi connectivity index (χ4n) is 2.84. The maximum absolute atomic E-state index is 13.0. The number of amides is 1. The van der Waals surface area contributed by atoms with Crippen molar-refractivity contribution in [1.29, 1.82) is 0 Å². The fourth-order valence-corrected chi connectivity index (χ4v) is 3.66. The smallest absolute Gasteiger partial charge is 0.314 e. The average molecular weight is 448 g/mol. The normalized spacial score (nSPS) is 14.5. The first-order valence-electron chi connectivity index (χ1n) is 9.38. The lowest BCUT2D eigenvalue weighted by Gasteiger charge is -2.25. The van der Waals surface area contributed by atoms with Crippen molar-refractivity contribution < 1.29 is 22.7 Å². The molecule has 9 nitrogen and oxygen atoms in total. The minimum absolute atomic E-state index is 0.0366. The van der Waals surface area contributed by atoms with E-state index in [9.17, 15) is 13.6 Å². The van der Waals surface area contributed by atoms with Crippen molar-refractivity contribution in [1.82, 2.24) is 25.1 Å². The highest BCUT2D eigenvalue weighted by molar-refractivity contribution is 7.15. The minimum Gasteiger partial charge on any atom is -0.414 e. The van der Waals surface area contributed by atoms with E-state index in [0.717, 1.165) is 13.1 Å². The molecule has 1 saturated heterocycles. The molecule has 3 aromatic heterocycles. The molecule has 1 fully saturated rings. The molecular weight excluding hydrogens is 430 g/mol. The van der Waals surface area contributed by atoms with E-state index in [-0.39, 0.29) is 18.3 Å². The molecule has 0 radical (unpaired) electrons. The van der Waals surface area contributed by atoms with Crippen LogP contribution in [-0.2, 0) is 16.1 Å². The van der Waals surface area contributed by atoms with E-state index in [1.54, 1.807) is 30.7 Å². The molecule has 0 saturated carbocycles. The maximum Gasteiger partial charge on any atom is 0.314 e.